The largest absolute Gasteiger partial charge is 0.497 e. The maximum atomic E-state index is 14.0. The van der Waals surface area contributed by atoms with Crippen LogP contribution in [0, 0.1) is 11.6 Å². The summed E-state index contributed by atoms with van der Waals surface area (Å²) in [5.74, 6) is -0.818. The molecule has 0 aliphatic carbocycles. The van der Waals surface area contributed by atoms with Crippen LogP contribution in [0.1, 0.15) is 41.8 Å². The molecule has 0 aliphatic rings. The third-order valence-electron chi connectivity index (χ3n) is 5.63. The predicted molar refractivity (Wildman–Crippen MR) is 151 cm³/mol. The average Bonchev–Trinajstić information content (AvgIpc) is 2.96. The van der Waals surface area contributed by atoms with E-state index >= 15 is 0 Å². The Morgan fingerprint density at radius 1 is 0.725 bits per heavy atom. The van der Waals surface area contributed by atoms with Crippen LogP contribution in [0.5, 0.6) is 11.5 Å². The number of nitrogens with one attached hydrogen (secondary N) is 2. The normalized spacial score (nSPS) is 10.1. The molecule has 6 nitrogen and oxygen atoms in total. The number of amides is 2. The topological polar surface area (TPSA) is 76.7 Å². The minimum atomic E-state index is -0.730. The van der Waals surface area contributed by atoms with Gasteiger partial charge in [0.15, 0.2) is 0 Å². The zero-order valence-electron chi connectivity index (χ0n) is 22.7. The Morgan fingerprint density at radius 2 is 1.32 bits per heavy atom. The Morgan fingerprint density at radius 3 is 2.00 bits per heavy atom. The van der Waals surface area contributed by atoms with Crippen LogP contribution in [0.3, 0.4) is 0 Å². The zero-order chi connectivity index (χ0) is 28.9. The van der Waals surface area contributed by atoms with Gasteiger partial charge in [0, 0.05) is 30.3 Å². The first kappa shape index (κ1) is 29.8. The van der Waals surface area contributed by atoms with Gasteiger partial charge < -0.3 is 20.1 Å². The van der Waals surface area contributed by atoms with Crippen molar-refractivity contribution in [1.29, 1.82) is 0 Å². The van der Waals surface area contributed by atoms with Gasteiger partial charge in [0.1, 0.15) is 23.1 Å². The van der Waals surface area contributed by atoms with Crippen molar-refractivity contribution >= 4 is 12.0 Å². The van der Waals surface area contributed by atoms with Crippen molar-refractivity contribution in [1.82, 2.24) is 10.6 Å². The number of hydrogen-bond acceptors (Lipinski definition) is 4. The molecule has 2 amide bonds. The fourth-order valence-electron chi connectivity index (χ4n) is 3.74. The van der Waals surface area contributed by atoms with Gasteiger partial charge in [0.05, 0.1) is 7.11 Å². The fraction of sp³-hybridized carbons (Fsp3) is 0.188. The van der Waals surface area contributed by atoms with Gasteiger partial charge in [-0.15, -0.1) is 0 Å². The first-order valence-corrected chi connectivity index (χ1v) is 12.8. The molecular formula is C32H32F2N2O4. The van der Waals surface area contributed by atoms with Gasteiger partial charge >= 0.3 is 6.09 Å². The van der Waals surface area contributed by atoms with Gasteiger partial charge in [-0.1, -0.05) is 68.8 Å². The van der Waals surface area contributed by atoms with E-state index in [9.17, 15) is 18.4 Å². The molecule has 2 N–H and O–H groups in total. The number of hydrogen-bond donors (Lipinski definition) is 2. The second-order valence-corrected chi connectivity index (χ2v) is 8.75. The molecule has 4 rings (SSSR count). The summed E-state index contributed by atoms with van der Waals surface area (Å²) in [7, 11) is 1.55. The van der Waals surface area contributed by atoms with E-state index in [1.807, 2.05) is 24.3 Å². The zero-order valence-corrected chi connectivity index (χ0v) is 22.7. The lowest BCUT2D eigenvalue weighted by Gasteiger charge is -2.15. The third kappa shape index (κ3) is 8.39. The molecule has 0 atom stereocenters. The standard InChI is InChI=1S/C29H24F2N2O4.C3H8/c1-36-22-12-14-23(15-13-22)37-29(35)33-17-19-6-2-3-7-24(19)25-8-4-5-9-26(25)28(34)32-18-20-10-11-21(30)16-27(20)31;1-3-2/h2-16H,17-18H2,1H3,(H,32,34)(H,33,35);3H2,1-2H3. The van der Waals surface area contributed by atoms with Gasteiger partial charge in [-0.2, -0.15) is 0 Å². The number of benzene rings is 4. The number of rotatable bonds is 8. The predicted octanol–water partition coefficient (Wildman–Crippen LogP) is 7.28. The highest BCUT2D eigenvalue weighted by Gasteiger charge is 2.16. The quantitative estimate of drug-likeness (QED) is 0.244. The van der Waals surface area contributed by atoms with Crippen LogP contribution in [0.2, 0.25) is 0 Å². The minimum Gasteiger partial charge on any atom is -0.497 e. The van der Waals surface area contributed by atoms with E-state index in [2.05, 4.69) is 24.5 Å². The summed E-state index contributed by atoms with van der Waals surface area (Å²) in [5, 5.41) is 5.42. The Balaban J connectivity index is 0.00000141. The molecule has 8 heteroatoms. The molecule has 0 fully saturated rings. The third-order valence-corrected chi connectivity index (χ3v) is 5.63. The van der Waals surface area contributed by atoms with Crippen LogP contribution in [0.4, 0.5) is 13.6 Å². The number of carbonyl (C=O) groups excluding carboxylic acids is 2. The van der Waals surface area contributed by atoms with Crippen molar-refractivity contribution in [3.05, 3.63) is 119 Å². The molecule has 4 aromatic rings. The lowest BCUT2D eigenvalue weighted by molar-refractivity contribution is 0.0951. The number of methoxy groups -OCH3 is 1. The smallest absolute Gasteiger partial charge is 0.412 e. The lowest BCUT2D eigenvalue weighted by Crippen LogP contribution is -2.26. The van der Waals surface area contributed by atoms with Crippen molar-refractivity contribution in [3.63, 3.8) is 0 Å². The molecule has 4 aromatic carbocycles. The average molecular weight is 547 g/mol. The molecule has 0 unspecified atom stereocenters. The van der Waals surface area contributed by atoms with Crippen molar-refractivity contribution in [2.24, 2.45) is 0 Å². The van der Waals surface area contributed by atoms with Gasteiger partial charge in [-0.25, -0.2) is 13.6 Å². The van der Waals surface area contributed by atoms with Crippen molar-refractivity contribution in [3.8, 4) is 22.6 Å². The van der Waals surface area contributed by atoms with Crippen LogP contribution >= 0.6 is 0 Å². The fourth-order valence-corrected chi connectivity index (χ4v) is 3.74. The van der Waals surface area contributed by atoms with E-state index in [-0.39, 0.29) is 18.7 Å². The minimum absolute atomic E-state index is 0.0975. The number of halogens is 2. The summed E-state index contributed by atoms with van der Waals surface area (Å²) in [5.41, 5.74) is 2.69. The molecular weight excluding hydrogens is 514 g/mol. The van der Waals surface area contributed by atoms with Crippen molar-refractivity contribution in [2.45, 2.75) is 33.4 Å². The summed E-state index contributed by atoms with van der Waals surface area (Å²) in [6, 6.07) is 24.2. The van der Waals surface area contributed by atoms with E-state index in [1.165, 1.54) is 12.5 Å². The Kier molecular flexibility index (Phi) is 11.2. The summed E-state index contributed by atoms with van der Waals surface area (Å²) in [6.07, 6.45) is 0.618. The molecule has 0 spiro atoms. The Labute approximate surface area is 233 Å². The highest BCUT2D eigenvalue weighted by atomic mass is 19.1. The van der Waals surface area contributed by atoms with Crippen LogP contribution in [0.15, 0.2) is 91.0 Å². The highest BCUT2D eigenvalue weighted by molar-refractivity contribution is 6.01. The van der Waals surface area contributed by atoms with Crippen LogP contribution in [-0.4, -0.2) is 19.1 Å². The summed E-state index contributed by atoms with van der Waals surface area (Å²) in [4.78, 5) is 25.4. The number of carbonyl (C=O) groups is 2. The van der Waals surface area contributed by atoms with Gasteiger partial charge in [-0.05, 0) is 53.1 Å². The summed E-state index contributed by atoms with van der Waals surface area (Å²) in [6.45, 7) is 4.31. The van der Waals surface area contributed by atoms with E-state index < -0.39 is 23.6 Å². The first-order valence-electron chi connectivity index (χ1n) is 12.8. The number of ether oxygens (including phenoxy) is 2. The van der Waals surface area contributed by atoms with Crippen LogP contribution < -0.4 is 20.1 Å². The molecule has 0 saturated carbocycles. The van der Waals surface area contributed by atoms with Crippen LogP contribution in [0.25, 0.3) is 11.1 Å². The Bertz CT molecular complexity index is 1420. The molecule has 0 aliphatic heterocycles. The monoisotopic (exact) mass is 546 g/mol. The molecule has 40 heavy (non-hydrogen) atoms. The SMILES string of the molecule is CCC.COc1ccc(OC(=O)NCc2ccccc2-c2ccccc2C(=O)NCc2ccc(F)cc2F)cc1. The highest BCUT2D eigenvalue weighted by Crippen LogP contribution is 2.27. The second-order valence-electron chi connectivity index (χ2n) is 8.75. The molecule has 208 valence electrons. The van der Waals surface area contributed by atoms with Gasteiger partial charge in [0.25, 0.3) is 5.91 Å². The molecule has 0 saturated heterocycles. The molecule has 0 radical (unpaired) electrons. The molecule has 0 heterocycles. The Hall–Kier alpha value is -4.72. The van der Waals surface area contributed by atoms with Crippen molar-refractivity contribution in [2.75, 3.05) is 7.11 Å². The lowest BCUT2D eigenvalue weighted by atomic mass is 9.95. The second kappa shape index (κ2) is 15.0. The molecule has 0 bridgehead atoms. The molecule has 0 aromatic heterocycles. The van der Waals surface area contributed by atoms with Crippen molar-refractivity contribution < 1.29 is 27.8 Å². The van der Waals surface area contributed by atoms with Crippen LogP contribution in [-0.2, 0) is 13.1 Å². The van der Waals surface area contributed by atoms with E-state index in [1.54, 1.807) is 55.6 Å². The van der Waals surface area contributed by atoms with E-state index in [0.717, 1.165) is 23.3 Å². The summed E-state index contributed by atoms with van der Waals surface area (Å²) >= 11 is 0. The summed E-state index contributed by atoms with van der Waals surface area (Å²) < 4.78 is 37.6. The maximum Gasteiger partial charge on any atom is 0.412 e. The van der Waals surface area contributed by atoms with E-state index in [4.69, 9.17) is 9.47 Å². The van der Waals surface area contributed by atoms with Gasteiger partial charge in [0.2, 0.25) is 0 Å². The maximum absolute atomic E-state index is 14.0. The van der Waals surface area contributed by atoms with Gasteiger partial charge in [-0.3, -0.25) is 4.79 Å². The van der Waals surface area contributed by atoms with E-state index in [0.29, 0.717) is 22.6 Å². The first-order chi connectivity index (χ1) is 19.4.